The van der Waals surface area contributed by atoms with Crippen LogP contribution in [0.4, 0.5) is 0 Å². The first kappa shape index (κ1) is 14.0. The van der Waals surface area contributed by atoms with Gasteiger partial charge in [-0.3, -0.25) is 0 Å². The largest absolute Gasteiger partial charge is 0.508 e. The quantitative estimate of drug-likeness (QED) is 0.760. The Morgan fingerprint density at radius 3 is 2.76 bits per heavy atom. The lowest BCUT2D eigenvalue weighted by Gasteiger charge is -2.10. The van der Waals surface area contributed by atoms with Gasteiger partial charge in [0.1, 0.15) is 10.8 Å². The molecule has 2 aromatic carbocycles. The second-order valence-electron chi connectivity index (χ2n) is 5.37. The Labute approximate surface area is 128 Å². The van der Waals surface area contributed by atoms with Crippen molar-refractivity contribution >= 4 is 21.6 Å². The molecule has 2 N–H and O–H groups in total. The van der Waals surface area contributed by atoms with Crippen LogP contribution in [0.5, 0.6) is 5.75 Å². The fraction of sp³-hybridized carbons (Fsp3) is 0.235. The van der Waals surface area contributed by atoms with Crippen LogP contribution in [-0.2, 0) is 6.54 Å². The van der Waals surface area contributed by atoms with Crippen LogP contribution in [0.3, 0.4) is 0 Å². The summed E-state index contributed by atoms with van der Waals surface area (Å²) in [7, 11) is 0. The maximum atomic E-state index is 9.98. The number of nitrogens with zero attached hydrogens (tertiary/aromatic N) is 1. The molecule has 3 nitrogen and oxygen atoms in total. The average Bonchev–Trinajstić information content (AvgIpc) is 2.90. The van der Waals surface area contributed by atoms with Crippen molar-refractivity contribution in [3.05, 3.63) is 48.0 Å². The number of hydrogen-bond acceptors (Lipinski definition) is 4. The van der Waals surface area contributed by atoms with Crippen LogP contribution in [0.1, 0.15) is 19.4 Å². The number of phenolic OH excluding ortho intramolecular Hbond substituents is 1. The lowest BCUT2D eigenvalue weighted by Crippen LogP contribution is -2.21. The van der Waals surface area contributed by atoms with Crippen molar-refractivity contribution in [2.24, 2.45) is 0 Å². The Bertz CT molecular complexity index is 731. The summed E-state index contributed by atoms with van der Waals surface area (Å²) in [6.45, 7) is 4.84. The first-order valence-electron chi connectivity index (χ1n) is 7.04. The lowest BCUT2D eigenvalue weighted by molar-refractivity contribution is 0.461. The van der Waals surface area contributed by atoms with Gasteiger partial charge in [-0.15, -0.1) is 11.3 Å². The topological polar surface area (TPSA) is 45.2 Å². The van der Waals surface area contributed by atoms with E-state index in [1.54, 1.807) is 17.4 Å². The minimum Gasteiger partial charge on any atom is -0.508 e. The number of hydrogen-bond donors (Lipinski definition) is 2. The number of rotatable bonds is 4. The first-order chi connectivity index (χ1) is 10.1. The summed E-state index contributed by atoms with van der Waals surface area (Å²) >= 11 is 1.68. The van der Waals surface area contributed by atoms with Crippen molar-refractivity contribution in [1.82, 2.24) is 10.3 Å². The van der Waals surface area contributed by atoms with E-state index >= 15 is 0 Å². The molecule has 0 amide bonds. The predicted molar refractivity (Wildman–Crippen MR) is 88.7 cm³/mol. The predicted octanol–water partition coefficient (Wildman–Crippen LogP) is 4.17. The summed E-state index contributed by atoms with van der Waals surface area (Å²) < 4.78 is 1.18. The van der Waals surface area contributed by atoms with E-state index in [0.29, 0.717) is 18.3 Å². The van der Waals surface area contributed by atoms with Crippen molar-refractivity contribution in [3.63, 3.8) is 0 Å². The van der Waals surface area contributed by atoms with Gasteiger partial charge in [0.25, 0.3) is 0 Å². The maximum absolute atomic E-state index is 9.98. The van der Waals surface area contributed by atoms with Crippen molar-refractivity contribution in [2.75, 3.05) is 0 Å². The number of aromatic hydroxyl groups is 1. The number of nitrogens with one attached hydrogen (secondary N) is 1. The van der Waals surface area contributed by atoms with Gasteiger partial charge in [-0.2, -0.15) is 0 Å². The molecular formula is C17H18N2OS. The van der Waals surface area contributed by atoms with Crippen LogP contribution in [0.2, 0.25) is 0 Å². The number of thiazole rings is 1. The number of aromatic nitrogens is 1. The molecule has 1 heterocycles. The third-order valence-corrected chi connectivity index (χ3v) is 4.41. The summed E-state index contributed by atoms with van der Waals surface area (Å²) in [5.41, 5.74) is 2.97. The number of phenols is 1. The van der Waals surface area contributed by atoms with Gasteiger partial charge in [0.15, 0.2) is 0 Å². The maximum Gasteiger partial charge on any atom is 0.124 e. The molecule has 3 aromatic rings. The minimum absolute atomic E-state index is 0.327. The Kier molecular flexibility index (Phi) is 3.90. The smallest absolute Gasteiger partial charge is 0.124 e. The van der Waals surface area contributed by atoms with E-state index in [1.165, 1.54) is 4.70 Å². The molecule has 0 aliphatic carbocycles. The Morgan fingerprint density at radius 1 is 1.19 bits per heavy atom. The van der Waals surface area contributed by atoms with E-state index in [0.717, 1.165) is 21.7 Å². The molecular weight excluding hydrogens is 280 g/mol. The Balaban J connectivity index is 1.96. The summed E-state index contributed by atoms with van der Waals surface area (Å²) in [6.07, 6.45) is 0. The zero-order chi connectivity index (χ0) is 14.8. The third-order valence-electron chi connectivity index (χ3n) is 3.32. The molecule has 0 aliphatic rings. The molecule has 0 saturated heterocycles. The molecule has 4 heteroatoms. The number of fused-ring (bicyclic) bond motifs is 1. The highest BCUT2D eigenvalue weighted by Gasteiger charge is 2.09. The van der Waals surface area contributed by atoms with Gasteiger partial charge >= 0.3 is 0 Å². The number of para-hydroxylation sites is 1. The Hall–Kier alpha value is -1.91. The molecule has 3 rings (SSSR count). The molecule has 0 unspecified atom stereocenters. The highest BCUT2D eigenvalue weighted by molar-refractivity contribution is 7.21. The van der Waals surface area contributed by atoms with Crippen LogP contribution in [0.25, 0.3) is 20.8 Å². The molecule has 0 atom stereocenters. The SMILES string of the molecule is CC(C)NCc1cc(-c2nc3ccccc3s2)ccc1O. The zero-order valence-electron chi connectivity index (χ0n) is 12.1. The molecule has 0 spiro atoms. The standard InChI is InChI=1S/C17H18N2OS/c1-11(2)18-10-13-9-12(7-8-15(13)20)17-19-14-5-3-4-6-16(14)21-17/h3-9,11,18,20H,10H2,1-2H3. The van der Waals surface area contributed by atoms with E-state index in [2.05, 4.69) is 30.2 Å². The van der Waals surface area contributed by atoms with Crippen molar-refractivity contribution in [3.8, 4) is 16.3 Å². The third kappa shape index (κ3) is 3.06. The second kappa shape index (κ2) is 5.84. The van der Waals surface area contributed by atoms with Gasteiger partial charge in [0.05, 0.1) is 10.2 Å². The van der Waals surface area contributed by atoms with Gasteiger partial charge in [-0.1, -0.05) is 26.0 Å². The van der Waals surface area contributed by atoms with E-state index < -0.39 is 0 Å². The van der Waals surface area contributed by atoms with E-state index in [-0.39, 0.29) is 0 Å². The van der Waals surface area contributed by atoms with Crippen molar-refractivity contribution < 1.29 is 5.11 Å². The summed E-state index contributed by atoms with van der Waals surface area (Å²) in [4.78, 5) is 4.67. The molecule has 0 bridgehead atoms. The molecule has 0 fully saturated rings. The second-order valence-corrected chi connectivity index (χ2v) is 6.40. The van der Waals surface area contributed by atoms with Gasteiger partial charge < -0.3 is 10.4 Å². The average molecular weight is 298 g/mol. The van der Waals surface area contributed by atoms with Crippen LogP contribution in [0, 0.1) is 0 Å². The van der Waals surface area contributed by atoms with Crippen LogP contribution >= 0.6 is 11.3 Å². The molecule has 0 radical (unpaired) electrons. The Morgan fingerprint density at radius 2 is 2.00 bits per heavy atom. The molecule has 21 heavy (non-hydrogen) atoms. The first-order valence-corrected chi connectivity index (χ1v) is 7.86. The number of benzene rings is 2. The molecule has 108 valence electrons. The molecule has 0 aliphatic heterocycles. The highest BCUT2D eigenvalue weighted by atomic mass is 32.1. The zero-order valence-corrected chi connectivity index (χ0v) is 12.9. The van der Waals surface area contributed by atoms with Crippen molar-refractivity contribution in [2.45, 2.75) is 26.4 Å². The van der Waals surface area contributed by atoms with Crippen LogP contribution < -0.4 is 5.32 Å². The van der Waals surface area contributed by atoms with E-state index in [4.69, 9.17) is 0 Å². The van der Waals surface area contributed by atoms with E-state index in [9.17, 15) is 5.11 Å². The monoisotopic (exact) mass is 298 g/mol. The van der Waals surface area contributed by atoms with Crippen molar-refractivity contribution in [1.29, 1.82) is 0 Å². The summed E-state index contributed by atoms with van der Waals surface area (Å²) in [6, 6.07) is 14.2. The minimum atomic E-state index is 0.327. The van der Waals surface area contributed by atoms with Gasteiger partial charge in [0.2, 0.25) is 0 Å². The van der Waals surface area contributed by atoms with Gasteiger partial charge in [-0.05, 0) is 30.3 Å². The molecule has 1 aromatic heterocycles. The lowest BCUT2D eigenvalue weighted by atomic mass is 10.1. The summed E-state index contributed by atoms with van der Waals surface area (Å²) in [5, 5.41) is 14.3. The highest BCUT2D eigenvalue weighted by Crippen LogP contribution is 2.32. The van der Waals surface area contributed by atoms with Gasteiger partial charge in [-0.25, -0.2) is 4.98 Å². The summed E-state index contributed by atoms with van der Waals surface area (Å²) in [5.74, 6) is 0.327. The normalized spacial score (nSPS) is 11.4. The van der Waals surface area contributed by atoms with E-state index in [1.807, 2.05) is 30.3 Å². The van der Waals surface area contributed by atoms with Crippen LogP contribution in [0.15, 0.2) is 42.5 Å². The fourth-order valence-electron chi connectivity index (χ4n) is 2.17. The fourth-order valence-corrected chi connectivity index (χ4v) is 3.13. The molecule has 0 saturated carbocycles. The van der Waals surface area contributed by atoms with Gasteiger partial charge in [0, 0.05) is 23.7 Å². The van der Waals surface area contributed by atoms with Crippen LogP contribution in [-0.4, -0.2) is 16.1 Å².